The van der Waals surface area contributed by atoms with Crippen LogP contribution < -0.4 is 9.47 Å². The van der Waals surface area contributed by atoms with E-state index < -0.39 is 29.0 Å². The summed E-state index contributed by atoms with van der Waals surface area (Å²) in [4.78, 5) is 26.1. The molecule has 2 aromatic rings. The molecular formula is C21H17Cl2F3N2O4. The largest absolute Gasteiger partial charge is 0.456 e. The molecule has 6 nitrogen and oxygen atoms in total. The van der Waals surface area contributed by atoms with E-state index in [-0.39, 0.29) is 33.7 Å². The fourth-order valence-electron chi connectivity index (χ4n) is 2.59. The molecule has 0 N–H and O–H groups in total. The van der Waals surface area contributed by atoms with E-state index in [0.29, 0.717) is 6.07 Å². The molecule has 0 aliphatic rings. The first-order valence-corrected chi connectivity index (χ1v) is 9.80. The Bertz CT molecular complexity index is 1080. The van der Waals surface area contributed by atoms with Crippen LogP contribution in [0.4, 0.5) is 13.2 Å². The molecule has 2 rings (SSSR count). The second kappa shape index (κ2) is 9.67. The summed E-state index contributed by atoms with van der Waals surface area (Å²) < 4.78 is 49.5. The maximum Gasteiger partial charge on any atom is 0.416 e. The van der Waals surface area contributed by atoms with Gasteiger partial charge in [-0.2, -0.15) is 18.4 Å². The van der Waals surface area contributed by atoms with E-state index in [0.717, 1.165) is 17.0 Å². The minimum absolute atomic E-state index is 0.0270. The lowest BCUT2D eigenvalue weighted by molar-refractivity contribution is -0.149. The number of ketones is 1. The number of halogens is 5. The number of amides is 1. The smallest absolute Gasteiger partial charge is 0.416 e. The van der Waals surface area contributed by atoms with Gasteiger partial charge in [0.25, 0.3) is 5.91 Å². The number of nitriles is 1. The minimum Gasteiger partial charge on any atom is -0.456 e. The highest BCUT2D eigenvalue weighted by Gasteiger charge is 2.49. The number of carbonyl (C=O) groups is 2. The maximum absolute atomic E-state index is 12.8. The van der Waals surface area contributed by atoms with Crippen LogP contribution in [0, 0.1) is 11.3 Å². The summed E-state index contributed by atoms with van der Waals surface area (Å²) in [7, 11) is 2.71. The molecule has 0 radical (unpaired) electrons. The van der Waals surface area contributed by atoms with E-state index in [1.165, 1.54) is 39.2 Å². The molecule has 0 fully saturated rings. The second-order valence-electron chi connectivity index (χ2n) is 6.71. The van der Waals surface area contributed by atoms with Crippen molar-refractivity contribution in [3.8, 4) is 23.3 Å². The van der Waals surface area contributed by atoms with E-state index in [2.05, 4.69) is 0 Å². The molecule has 11 heteroatoms. The Kier molecular flexibility index (Phi) is 7.65. The first-order valence-electron chi connectivity index (χ1n) is 9.05. The van der Waals surface area contributed by atoms with Crippen molar-refractivity contribution < 1.29 is 32.2 Å². The number of hydrogen-bond donors (Lipinski definition) is 0. The monoisotopic (exact) mass is 488 g/mol. The Morgan fingerprint density at radius 1 is 1.06 bits per heavy atom. The Morgan fingerprint density at radius 3 is 2.22 bits per heavy atom. The van der Waals surface area contributed by atoms with E-state index >= 15 is 0 Å². The average Bonchev–Trinajstić information content (AvgIpc) is 2.73. The van der Waals surface area contributed by atoms with E-state index in [4.69, 9.17) is 32.7 Å². The maximum atomic E-state index is 12.8. The Hall–Kier alpha value is -2.96. The van der Waals surface area contributed by atoms with E-state index in [9.17, 15) is 28.0 Å². The van der Waals surface area contributed by atoms with Crippen molar-refractivity contribution in [3.05, 3.63) is 52.0 Å². The fraction of sp³-hybridized carbons (Fsp3) is 0.286. The highest BCUT2D eigenvalue weighted by molar-refractivity contribution is 6.32. The number of alkyl halides is 3. The molecule has 0 bridgehead atoms. The van der Waals surface area contributed by atoms with Crippen LogP contribution in [0.25, 0.3) is 0 Å². The normalized spacial score (nSPS) is 13.0. The van der Waals surface area contributed by atoms with Gasteiger partial charge in [-0.15, -0.1) is 0 Å². The van der Waals surface area contributed by atoms with Crippen molar-refractivity contribution >= 4 is 34.9 Å². The zero-order valence-corrected chi connectivity index (χ0v) is 18.6. The third kappa shape index (κ3) is 5.26. The third-order valence-corrected chi connectivity index (χ3v) is 4.84. The summed E-state index contributed by atoms with van der Waals surface area (Å²) >= 11 is 12.0. The molecule has 0 saturated heterocycles. The quantitative estimate of drug-likeness (QED) is 0.479. The van der Waals surface area contributed by atoms with Gasteiger partial charge < -0.3 is 14.4 Å². The lowest BCUT2D eigenvalue weighted by atomic mass is 9.96. The topological polar surface area (TPSA) is 79.6 Å². The highest BCUT2D eigenvalue weighted by Crippen LogP contribution is 2.39. The van der Waals surface area contributed by atoms with Gasteiger partial charge in [0.1, 0.15) is 23.3 Å². The van der Waals surface area contributed by atoms with Crippen molar-refractivity contribution in [2.24, 2.45) is 0 Å². The molecule has 0 aliphatic carbocycles. The number of ether oxygens (including phenoxy) is 2. The number of nitrogens with zero attached hydrogens (tertiary/aromatic N) is 2. The Morgan fingerprint density at radius 2 is 1.72 bits per heavy atom. The van der Waals surface area contributed by atoms with E-state index in [1.807, 2.05) is 0 Å². The number of carbonyl (C=O) groups excluding carboxylic acids is 2. The molecule has 0 aliphatic heterocycles. The number of Topliss-reactive ketones (excluding diaryl/α,β-unsaturated/α-hetero) is 1. The predicted octanol–water partition coefficient (Wildman–Crippen LogP) is 5.51. The first-order chi connectivity index (χ1) is 14.9. The summed E-state index contributed by atoms with van der Waals surface area (Å²) in [6.07, 6.45) is -4.74. The number of hydrogen-bond acceptors (Lipinski definition) is 5. The van der Waals surface area contributed by atoms with Crippen LogP contribution in [0.5, 0.6) is 17.2 Å². The highest BCUT2D eigenvalue weighted by atomic mass is 35.5. The van der Waals surface area contributed by atoms with Crippen molar-refractivity contribution in [1.82, 2.24) is 4.90 Å². The van der Waals surface area contributed by atoms with Crippen molar-refractivity contribution in [2.45, 2.75) is 25.1 Å². The first kappa shape index (κ1) is 25.3. The lowest BCUT2D eigenvalue weighted by Gasteiger charge is -2.28. The summed E-state index contributed by atoms with van der Waals surface area (Å²) in [5.41, 5.74) is -3.43. The molecular weight excluding hydrogens is 472 g/mol. The van der Waals surface area contributed by atoms with Crippen molar-refractivity contribution in [1.29, 1.82) is 5.26 Å². The van der Waals surface area contributed by atoms with Gasteiger partial charge in [0.15, 0.2) is 0 Å². The summed E-state index contributed by atoms with van der Waals surface area (Å²) in [5, 5.41) is 9.32. The molecule has 170 valence electrons. The fourth-order valence-corrected chi connectivity index (χ4v) is 2.97. The summed E-state index contributed by atoms with van der Waals surface area (Å²) in [5.74, 6) is -1.97. The van der Waals surface area contributed by atoms with Crippen LogP contribution in [0.2, 0.25) is 10.0 Å². The van der Waals surface area contributed by atoms with Crippen LogP contribution in [0.3, 0.4) is 0 Å². The molecule has 0 aromatic heterocycles. The molecule has 0 saturated carbocycles. The van der Waals surface area contributed by atoms with Gasteiger partial charge in [-0.05, 0) is 30.3 Å². The van der Waals surface area contributed by atoms with Gasteiger partial charge in [0.2, 0.25) is 5.78 Å². The van der Waals surface area contributed by atoms with Gasteiger partial charge in [-0.25, -0.2) is 0 Å². The number of likely N-dealkylation sites (N-methyl/N-ethyl adjacent to an activating group) is 1. The van der Waals surface area contributed by atoms with Crippen molar-refractivity contribution in [3.63, 3.8) is 0 Å². The molecule has 1 amide bonds. The van der Waals surface area contributed by atoms with Crippen LogP contribution in [0.15, 0.2) is 36.4 Å². The van der Waals surface area contributed by atoms with Crippen molar-refractivity contribution in [2.75, 3.05) is 14.1 Å². The summed E-state index contributed by atoms with van der Waals surface area (Å²) in [6.45, 7) is 1.47. The van der Waals surface area contributed by atoms with Gasteiger partial charge in [-0.3, -0.25) is 9.59 Å². The molecule has 0 spiro atoms. The summed E-state index contributed by atoms with van der Waals surface area (Å²) in [6, 6.07) is 8.04. The van der Waals surface area contributed by atoms with Crippen LogP contribution >= 0.6 is 23.2 Å². The minimum atomic E-state index is -4.57. The average molecular weight is 489 g/mol. The SMILES string of the molecule is CCC(=O)C(C#N)(Oc1cc(Oc2ccc(C(F)(F)F)cc2Cl)ccc1Cl)C(=O)N(C)C. The Balaban J connectivity index is 2.44. The standard InChI is InChI=1S/C21H17Cl2F3N2O4/c1-4-18(29)20(11-27,19(30)28(2)3)32-17-10-13(6-7-14(17)22)31-16-8-5-12(9-15(16)23)21(24,25)26/h5-10H,4H2,1-3H3. The molecule has 1 unspecified atom stereocenters. The predicted molar refractivity (Wildman–Crippen MR) is 111 cm³/mol. The molecule has 2 aromatic carbocycles. The van der Waals surface area contributed by atoms with Gasteiger partial charge in [-0.1, -0.05) is 30.1 Å². The van der Waals surface area contributed by atoms with Gasteiger partial charge in [0.05, 0.1) is 15.6 Å². The number of benzene rings is 2. The molecule has 1 atom stereocenters. The van der Waals surface area contributed by atoms with Crippen LogP contribution in [-0.4, -0.2) is 36.3 Å². The van der Waals surface area contributed by atoms with E-state index in [1.54, 1.807) is 6.07 Å². The van der Waals surface area contributed by atoms with Gasteiger partial charge >= 0.3 is 11.8 Å². The Labute approximate surface area is 192 Å². The molecule has 32 heavy (non-hydrogen) atoms. The van der Waals surface area contributed by atoms with Gasteiger partial charge in [0, 0.05) is 26.6 Å². The third-order valence-electron chi connectivity index (χ3n) is 4.23. The molecule has 0 heterocycles. The zero-order valence-electron chi connectivity index (χ0n) is 17.1. The lowest BCUT2D eigenvalue weighted by Crippen LogP contribution is -2.55. The zero-order chi connectivity index (χ0) is 24.3. The second-order valence-corrected chi connectivity index (χ2v) is 7.52. The van der Waals surface area contributed by atoms with Crippen LogP contribution in [-0.2, 0) is 15.8 Å². The number of rotatable bonds is 7. The van der Waals surface area contributed by atoms with Crippen LogP contribution in [0.1, 0.15) is 18.9 Å².